The topological polar surface area (TPSA) is 86.1 Å². The van der Waals surface area contributed by atoms with Crippen molar-refractivity contribution in [1.29, 1.82) is 0 Å². The van der Waals surface area contributed by atoms with Gasteiger partial charge < -0.3 is 9.30 Å². The highest BCUT2D eigenvalue weighted by Gasteiger charge is 2.20. The highest BCUT2D eigenvalue weighted by Crippen LogP contribution is 2.33. The fourth-order valence-electron chi connectivity index (χ4n) is 3.05. The van der Waals surface area contributed by atoms with Crippen LogP contribution >= 0.6 is 22.7 Å². The third-order valence-electron chi connectivity index (χ3n) is 4.60. The molecule has 4 rings (SSSR count). The van der Waals surface area contributed by atoms with Gasteiger partial charge in [0.25, 0.3) is 11.5 Å². The molecule has 148 valence electrons. The van der Waals surface area contributed by atoms with Crippen molar-refractivity contribution < 1.29 is 9.53 Å². The fourth-order valence-corrected chi connectivity index (χ4v) is 4.91. The van der Waals surface area contributed by atoms with E-state index in [4.69, 9.17) is 4.74 Å². The summed E-state index contributed by atoms with van der Waals surface area (Å²) in [5.74, 6) is 0.484. The maximum Gasteiger partial charge on any atom is 0.267 e. The SMILES string of the molecule is COc1ccc(-c2nc(NC(=O)c3sc4ncn(C)c(=O)c4c3C)sc2C)cc1. The minimum atomic E-state index is -0.289. The number of aryl methyl sites for hydroxylation is 3. The predicted molar refractivity (Wildman–Crippen MR) is 116 cm³/mol. The van der Waals surface area contributed by atoms with Crippen molar-refractivity contribution in [3.63, 3.8) is 0 Å². The van der Waals surface area contributed by atoms with E-state index in [1.165, 1.54) is 33.6 Å². The molecule has 0 bridgehead atoms. The van der Waals surface area contributed by atoms with Crippen LogP contribution in [0.2, 0.25) is 0 Å². The van der Waals surface area contributed by atoms with Crippen LogP contribution < -0.4 is 15.6 Å². The molecule has 0 saturated carbocycles. The molecule has 1 aromatic carbocycles. The molecule has 1 N–H and O–H groups in total. The smallest absolute Gasteiger partial charge is 0.267 e. The third kappa shape index (κ3) is 3.43. The number of hydrogen-bond donors (Lipinski definition) is 1. The quantitative estimate of drug-likeness (QED) is 0.533. The van der Waals surface area contributed by atoms with Crippen LogP contribution in [0, 0.1) is 13.8 Å². The Morgan fingerprint density at radius 2 is 1.90 bits per heavy atom. The average Bonchev–Trinajstić information content (AvgIpc) is 3.25. The van der Waals surface area contributed by atoms with Crippen LogP contribution in [0.3, 0.4) is 0 Å². The zero-order valence-corrected chi connectivity index (χ0v) is 17.9. The van der Waals surface area contributed by atoms with Crippen molar-refractivity contribution in [1.82, 2.24) is 14.5 Å². The van der Waals surface area contributed by atoms with Gasteiger partial charge >= 0.3 is 0 Å². The molecule has 3 aromatic heterocycles. The number of thiophene rings is 1. The number of methoxy groups -OCH3 is 1. The molecule has 0 atom stereocenters. The summed E-state index contributed by atoms with van der Waals surface area (Å²) < 4.78 is 6.60. The van der Waals surface area contributed by atoms with Gasteiger partial charge in [-0.25, -0.2) is 9.97 Å². The second-order valence-corrected chi connectivity index (χ2v) is 8.71. The van der Waals surface area contributed by atoms with Crippen molar-refractivity contribution in [2.45, 2.75) is 13.8 Å². The zero-order valence-electron chi connectivity index (χ0n) is 16.3. The van der Waals surface area contributed by atoms with Crippen LogP contribution in [-0.2, 0) is 7.05 Å². The van der Waals surface area contributed by atoms with E-state index in [0.717, 1.165) is 21.9 Å². The van der Waals surface area contributed by atoms with Crippen molar-refractivity contribution in [3.05, 3.63) is 56.3 Å². The molecule has 0 aliphatic rings. The maximum atomic E-state index is 12.9. The number of thiazole rings is 1. The summed E-state index contributed by atoms with van der Waals surface area (Å²) in [7, 11) is 3.27. The number of carbonyl (C=O) groups excluding carboxylic acids is 1. The minimum absolute atomic E-state index is 0.158. The summed E-state index contributed by atoms with van der Waals surface area (Å²) in [6.45, 7) is 3.73. The van der Waals surface area contributed by atoms with Gasteiger partial charge in [-0.1, -0.05) is 0 Å². The Kier molecular flexibility index (Phi) is 4.93. The number of rotatable bonds is 4. The first kappa shape index (κ1) is 19.3. The molecule has 0 fully saturated rings. The predicted octanol–water partition coefficient (Wildman–Crippen LogP) is 4.00. The Morgan fingerprint density at radius 3 is 2.59 bits per heavy atom. The van der Waals surface area contributed by atoms with E-state index in [-0.39, 0.29) is 11.5 Å². The van der Waals surface area contributed by atoms with Crippen LogP contribution in [0.5, 0.6) is 5.75 Å². The molecule has 0 aliphatic heterocycles. The first-order valence-electron chi connectivity index (χ1n) is 8.77. The van der Waals surface area contributed by atoms with Gasteiger partial charge in [-0.15, -0.1) is 22.7 Å². The number of nitrogens with one attached hydrogen (secondary N) is 1. The van der Waals surface area contributed by atoms with Gasteiger partial charge in [-0.3, -0.25) is 14.9 Å². The van der Waals surface area contributed by atoms with Crippen LogP contribution in [0.15, 0.2) is 35.4 Å². The summed E-state index contributed by atoms with van der Waals surface area (Å²) >= 11 is 2.62. The molecule has 9 heteroatoms. The van der Waals surface area contributed by atoms with Crippen molar-refractivity contribution >= 4 is 43.9 Å². The number of benzene rings is 1. The Morgan fingerprint density at radius 1 is 1.17 bits per heavy atom. The van der Waals surface area contributed by atoms with Gasteiger partial charge in [0.05, 0.1) is 29.4 Å². The number of hydrogen-bond acceptors (Lipinski definition) is 7. The van der Waals surface area contributed by atoms with Crippen molar-refractivity contribution in [2.24, 2.45) is 7.05 Å². The lowest BCUT2D eigenvalue weighted by molar-refractivity contribution is 0.103. The Labute approximate surface area is 174 Å². The molecule has 4 aromatic rings. The van der Waals surface area contributed by atoms with Crippen LogP contribution in [0.1, 0.15) is 20.1 Å². The lowest BCUT2D eigenvalue weighted by Gasteiger charge is -2.02. The van der Waals surface area contributed by atoms with E-state index < -0.39 is 0 Å². The number of anilines is 1. The van der Waals surface area contributed by atoms with E-state index in [1.54, 1.807) is 21.1 Å². The zero-order chi connectivity index (χ0) is 20.7. The van der Waals surface area contributed by atoms with Gasteiger partial charge in [0.15, 0.2) is 5.13 Å². The van der Waals surface area contributed by atoms with Crippen LogP contribution in [0.4, 0.5) is 5.13 Å². The first-order chi connectivity index (χ1) is 13.9. The molecule has 1 amide bonds. The number of nitrogens with zero attached hydrogens (tertiary/aromatic N) is 3. The van der Waals surface area contributed by atoms with Gasteiger partial charge in [-0.05, 0) is 43.7 Å². The highest BCUT2D eigenvalue weighted by atomic mass is 32.1. The summed E-state index contributed by atoms with van der Waals surface area (Å²) in [6, 6.07) is 7.62. The fraction of sp³-hybridized carbons (Fsp3) is 0.200. The molecule has 0 aliphatic carbocycles. The van der Waals surface area contributed by atoms with Gasteiger partial charge in [0.1, 0.15) is 10.6 Å². The number of aromatic nitrogens is 3. The molecule has 0 spiro atoms. The summed E-state index contributed by atoms with van der Waals surface area (Å²) in [4.78, 5) is 36.1. The van der Waals surface area contributed by atoms with E-state index in [0.29, 0.717) is 25.8 Å². The van der Waals surface area contributed by atoms with Crippen molar-refractivity contribution in [3.8, 4) is 17.0 Å². The third-order valence-corrected chi connectivity index (χ3v) is 6.68. The molecule has 0 radical (unpaired) electrons. The monoisotopic (exact) mass is 426 g/mol. The molecule has 0 saturated heterocycles. The average molecular weight is 427 g/mol. The number of carbonyl (C=O) groups is 1. The minimum Gasteiger partial charge on any atom is -0.497 e. The molecule has 3 heterocycles. The van der Waals surface area contributed by atoms with Gasteiger partial charge in [-0.2, -0.15) is 0 Å². The van der Waals surface area contributed by atoms with Gasteiger partial charge in [0.2, 0.25) is 0 Å². The van der Waals surface area contributed by atoms with E-state index in [9.17, 15) is 9.59 Å². The Hall–Kier alpha value is -3.04. The lowest BCUT2D eigenvalue weighted by Crippen LogP contribution is -2.17. The number of fused-ring (bicyclic) bond motifs is 1. The maximum absolute atomic E-state index is 12.9. The summed E-state index contributed by atoms with van der Waals surface area (Å²) in [6.07, 6.45) is 1.47. The van der Waals surface area contributed by atoms with Crippen LogP contribution in [0.25, 0.3) is 21.5 Å². The molecular formula is C20H18N4O3S2. The largest absolute Gasteiger partial charge is 0.497 e. The molecular weight excluding hydrogens is 408 g/mol. The standard InChI is InChI=1S/C20H18N4O3S2/c1-10-14-18(21-9-24(3)19(14)26)29-16(10)17(25)23-20-22-15(11(2)28-20)12-5-7-13(27-4)8-6-12/h5-9H,1-4H3,(H,22,23,25). The number of ether oxygens (including phenoxy) is 1. The second kappa shape index (κ2) is 7.41. The lowest BCUT2D eigenvalue weighted by atomic mass is 10.1. The summed E-state index contributed by atoms with van der Waals surface area (Å²) in [5, 5.41) is 3.86. The van der Waals surface area contributed by atoms with E-state index in [2.05, 4.69) is 15.3 Å². The number of amides is 1. The molecule has 29 heavy (non-hydrogen) atoms. The molecule has 7 nitrogen and oxygen atoms in total. The molecule has 0 unspecified atom stereocenters. The van der Waals surface area contributed by atoms with Crippen LogP contribution in [-0.4, -0.2) is 27.6 Å². The van der Waals surface area contributed by atoms with E-state index in [1.807, 2.05) is 31.2 Å². The Balaban J connectivity index is 1.64. The first-order valence-corrected chi connectivity index (χ1v) is 10.4. The Bertz CT molecular complexity index is 1290. The normalized spacial score (nSPS) is 11.0. The van der Waals surface area contributed by atoms with Gasteiger partial charge in [0, 0.05) is 17.5 Å². The second-order valence-electron chi connectivity index (χ2n) is 6.50. The summed E-state index contributed by atoms with van der Waals surface area (Å²) in [5.41, 5.74) is 2.25. The van der Waals surface area contributed by atoms with E-state index >= 15 is 0 Å². The highest BCUT2D eigenvalue weighted by molar-refractivity contribution is 7.21. The van der Waals surface area contributed by atoms with Crippen molar-refractivity contribution in [2.75, 3.05) is 12.4 Å².